The van der Waals surface area contributed by atoms with Crippen molar-refractivity contribution in [1.82, 2.24) is 14.9 Å². The number of carbonyl (C=O) groups excluding carboxylic acids is 1. The van der Waals surface area contributed by atoms with Gasteiger partial charge in [-0.05, 0) is 30.3 Å². The Bertz CT molecular complexity index is 1240. The van der Waals surface area contributed by atoms with Gasteiger partial charge in [0.1, 0.15) is 0 Å². The Hall–Kier alpha value is -3.82. The largest absolute Gasteiger partial charge is 0.493 e. The fraction of sp³-hybridized carbons (Fsp3) is 0.286. The summed E-state index contributed by atoms with van der Waals surface area (Å²) >= 11 is 0.758. The molecular weight excluding hydrogens is 532 g/mol. The van der Waals surface area contributed by atoms with Gasteiger partial charge in [-0.2, -0.15) is 26.3 Å². The molecule has 0 aliphatic heterocycles. The lowest BCUT2D eigenvalue weighted by Crippen LogP contribution is -2.18. The van der Waals surface area contributed by atoms with Gasteiger partial charge in [-0.15, -0.1) is 10.2 Å². The van der Waals surface area contributed by atoms with E-state index < -0.39 is 40.8 Å². The second kappa shape index (κ2) is 10.7. The first-order valence-electron chi connectivity index (χ1n) is 10.0. The summed E-state index contributed by atoms with van der Waals surface area (Å²) in [4.78, 5) is 12.3. The maximum absolute atomic E-state index is 13.0. The van der Waals surface area contributed by atoms with E-state index in [9.17, 15) is 31.1 Å². The van der Waals surface area contributed by atoms with Crippen LogP contribution in [0, 0.1) is 0 Å². The zero-order chi connectivity index (χ0) is 27.5. The van der Waals surface area contributed by atoms with Gasteiger partial charge in [-0.3, -0.25) is 4.79 Å². The van der Waals surface area contributed by atoms with Crippen molar-refractivity contribution in [3.63, 3.8) is 0 Å². The lowest BCUT2D eigenvalue weighted by atomic mass is 10.1. The van der Waals surface area contributed by atoms with Crippen molar-refractivity contribution in [2.24, 2.45) is 0 Å². The monoisotopic (exact) mass is 551 g/mol. The third-order valence-corrected chi connectivity index (χ3v) is 5.73. The third kappa shape index (κ3) is 6.31. The van der Waals surface area contributed by atoms with Crippen LogP contribution in [0.25, 0.3) is 11.4 Å². The second-order valence-corrected chi connectivity index (χ2v) is 8.16. The second-order valence-electron chi connectivity index (χ2n) is 7.22. The van der Waals surface area contributed by atoms with Crippen molar-refractivity contribution >= 4 is 23.4 Å². The first-order chi connectivity index (χ1) is 17.3. The molecule has 0 bridgehead atoms. The molecule has 1 aromatic heterocycles. The first-order valence-corrected chi connectivity index (χ1v) is 11.0. The minimum absolute atomic E-state index is 0.0357. The van der Waals surface area contributed by atoms with Crippen LogP contribution in [0.5, 0.6) is 17.2 Å². The number of carbonyl (C=O) groups is 1. The average molecular weight is 551 g/mol. The highest BCUT2D eigenvalue weighted by atomic mass is 32.2. The maximum Gasteiger partial charge on any atom is 0.416 e. The number of methoxy groups -OCH3 is 3. The average Bonchev–Trinajstić information content (AvgIpc) is 3.20. The van der Waals surface area contributed by atoms with Crippen LogP contribution in [0.3, 0.4) is 0 Å². The summed E-state index contributed by atoms with van der Waals surface area (Å²) in [7, 11) is 4.25. The molecule has 16 heteroatoms. The van der Waals surface area contributed by atoms with Gasteiger partial charge >= 0.3 is 12.4 Å². The number of nitrogens with two attached hydrogens (primary N) is 1. The number of hydrogen-bond donors (Lipinski definition) is 2. The molecule has 3 N–H and O–H groups in total. The van der Waals surface area contributed by atoms with Crippen LogP contribution >= 0.6 is 11.8 Å². The quantitative estimate of drug-likeness (QED) is 0.240. The van der Waals surface area contributed by atoms with Gasteiger partial charge in [0.05, 0.1) is 38.2 Å². The summed E-state index contributed by atoms with van der Waals surface area (Å²) in [5.41, 5.74) is -3.35. The van der Waals surface area contributed by atoms with Crippen LogP contribution < -0.4 is 25.4 Å². The number of anilines is 1. The molecule has 3 aromatic rings. The molecule has 0 aliphatic rings. The van der Waals surface area contributed by atoms with Crippen molar-refractivity contribution in [1.29, 1.82) is 0 Å². The fourth-order valence-electron chi connectivity index (χ4n) is 3.14. The topological polar surface area (TPSA) is 114 Å². The summed E-state index contributed by atoms with van der Waals surface area (Å²) in [6.45, 7) is 0. The van der Waals surface area contributed by atoms with Crippen molar-refractivity contribution in [2.75, 3.05) is 38.2 Å². The minimum Gasteiger partial charge on any atom is -0.493 e. The summed E-state index contributed by atoms with van der Waals surface area (Å²) in [5, 5.41) is 9.92. The van der Waals surface area contributed by atoms with E-state index in [1.807, 2.05) is 5.32 Å². The molecule has 0 radical (unpaired) electrons. The Balaban J connectivity index is 1.78. The van der Waals surface area contributed by atoms with Crippen molar-refractivity contribution in [3.05, 3.63) is 41.5 Å². The van der Waals surface area contributed by atoms with Crippen molar-refractivity contribution in [3.8, 4) is 28.6 Å². The molecule has 200 valence electrons. The van der Waals surface area contributed by atoms with E-state index >= 15 is 0 Å². The minimum atomic E-state index is -5.05. The van der Waals surface area contributed by atoms with E-state index in [0.29, 0.717) is 34.9 Å². The van der Waals surface area contributed by atoms with E-state index in [1.54, 1.807) is 12.1 Å². The number of amides is 1. The molecule has 1 amide bonds. The molecule has 0 atom stereocenters. The third-order valence-electron chi connectivity index (χ3n) is 4.79. The highest BCUT2D eigenvalue weighted by Crippen LogP contribution is 2.41. The Morgan fingerprint density at radius 1 is 0.919 bits per heavy atom. The van der Waals surface area contributed by atoms with Gasteiger partial charge < -0.3 is 25.4 Å². The van der Waals surface area contributed by atoms with Crippen LogP contribution in [0.2, 0.25) is 0 Å². The summed E-state index contributed by atoms with van der Waals surface area (Å²) in [5.74, 6) is 5.80. The van der Waals surface area contributed by atoms with Gasteiger partial charge in [0.15, 0.2) is 17.3 Å². The smallest absolute Gasteiger partial charge is 0.416 e. The molecule has 1 heterocycles. The first kappa shape index (κ1) is 27.8. The molecule has 0 saturated heterocycles. The molecule has 3 rings (SSSR count). The zero-order valence-electron chi connectivity index (χ0n) is 19.3. The van der Waals surface area contributed by atoms with Gasteiger partial charge in [0.2, 0.25) is 16.8 Å². The number of aromatic nitrogens is 3. The Labute approximate surface area is 209 Å². The van der Waals surface area contributed by atoms with Crippen LogP contribution in [-0.4, -0.2) is 47.9 Å². The fourth-order valence-corrected chi connectivity index (χ4v) is 3.79. The van der Waals surface area contributed by atoms with Gasteiger partial charge in [-0.25, -0.2) is 4.68 Å². The number of thioether (sulfide) groups is 1. The van der Waals surface area contributed by atoms with E-state index in [0.717, 1.165) is 16.4 Å². The van der Waals surface area contributed by atoms with Crippen molar-refractivity contribution in [2.45, 2.75) is 17.5 Å². The molecule has 0 fully saturated rings. The summed E-state index contributed by atoms with van der Waals surface area (Å²) in [6, 6.07) is 3.90. The lowest BCUT2D eigenvalue weighted by molar-refractivity contribution is -0.143. The molecule has 0 saturated carbocycles. The summed E-state index contributed by atoms with van der Waals surface area (Å²) < 4.78 is 95.0. The molecule has 0 unspecified atom stereocenters. The number of hydrogen-bond acceptors (Lipinski definition) is 8. The number of nitrogens with one attached hydrogen (secondary N) is 1. The van der Waals surface area contributed by atoms with E-state index in [-0.39, 0.29) is 17.0 Å². The maximum atomic E-state index is 13.0. The van der Waals surface area contributed by atoms with Crippen LogP contribution in [0.15, 0.2) is 35.5 Å². The number of nitrogen functional groups attached to an aromatic ring is 1. The van der Waals surface area contributed by atoms with E-state index in [4.69, 9.17) is 20.1 Å². The number of nitrogens with zero attached hydrogens (tertiary/aromatic N) is 3. The number of rotatable bonds is 8. The molecule has 37 heavy (non-hydrogen) atoms. The van der Waals surface area contributed by atoms with Gasteiger partial charge in [-0.1, -0.05) is 11.8 Å². The lowest BCUT2D eigenvalue weighted by Gasteiger charge is -2.14. The number of ether oxygens (including phenoxy) is 3. The summed E-state index contributed by atoms with van der Waals surface area (Å²) in [6.07, 6.45) is -10.1. The highest BCUT2D eigenvalue weighted by Gasteiger charge is 2.37. The van der Waals surface area contributed by atoms with Crippen LogP contribution in [0.1, 0.15) is 11.1 Å². The van der Waals surface area contributed by atoms with Crippen LogP contribution in [0.4, 0.5) is 32.0 Å². The predicted molar refractivity (Wildman–Crippen MR) is 121 cm³/mol. The number of benzene rings is 2. The number of halogens is 6. The Morgan fingerprint density at radius 2 is 1.46 bits per heavy atom. The van der Waals surface area contributed by atoms with Crippen molar-refractivity contribution < 1.29 is 45.3 Å². The molecule has 0 aliphatic carbocycles. The van der Waals surface area contributed by atoms with Crippen LogP contribution in [-0.2, 0) is 17.1 Å². The number of alkyl halides is 6. The predicted octanol–water partition coefficient (Wildman–Crippen LogP) is 4.45. The molecule has 2 aromatic carbocycles. The molecule has 0 spiro atoms. The Kier molecular flexibility index (Phi) is 8.00. The standard InChI is InChI=1S/C21H19F6N5O4S/c1-34-14-4-10(5-15(35-2)17(14)36-3)18-30-31-19(32(18)28)37-9-16(33)29-13-7-11(20(22,23)24)6-12(8-13)21(25,26)27/h4-8H,9,28H2,1-3H3,(H,29,33). The SMILES string of the molecule is COc1cc(-c2nnc(SCC(=O)Nc3cc(C(F)(F)F)cc(C(F)(F)F)c3)n2N)cc(OC)c1OC. The van der Waals surface area contributed by atoms with E-state index in [2.05, 4.69) is 10.2 Å². The molecular formula is C21H19F6N5O4S. The molecule has 9 nitrogen and oxygen atoms in total. The van der Waals surface area contributed by atoms with E-state index in [1.165, 1.54) is 21.3 Å². The normalized spacial score (nSPS) is 11.8. The van der Waals surface area contributed by atoms with Gasteiger partial charge in [0, 0.05) is 11.3 Å². The van der Waals surface area contributed by atoms with Gasteiger partial charge in [0.25, 0.3) is 0 Å². The zero-order valence-corrected chi connectivity index (χ0v) is 20.1. The highest BCUT2D eigenvalue weighted by molar-refractivity contribution is 7.99. The Morgan fingerprint density at radius 3 is 1.92 bits per heavy atom.